The molecule has 1 aromatic carbocycles. The highest BCUT2D eigenvalue weighted by atomic mass is 16.3. The van der Waals surface area contributed by atoms with E-state index >= 15 is 0 Å². The summed E-state index contributed by atoms with van der Waals surface area (Å²) >= 11 is 0. The number of hydrogen-bond acceptors (Lipinski definition) is 3. The first kappa shape index (κ1) is 9.66. The van der Waals surface area contributed by atoms with Crippen molar-refractivity contribution in [3.8, 4) is 5.75 Å². The molecule has 2 atom stereocenters. The molecule has 3 N–H and O–H groups in total. The highest BCUT2D eigenvalue weighted by molar-refractivity contribution is 5.96. The maximum Gasteiger partial charge on any atom is 0.251 e. The number of phenols is 1. The van der Waals surface area contributed by atoms with Crippen LogP contribution in [0.3, 0.4) is 0 Å². The summed E-state index contributed by atoms with van der Waals surface area (Å²) in [7, 11) is 0. The minimum atomic E-state index is -0.0692. The molecule has 0 aliphatic carbocycles. The fourth-order valence-electron chi connectivity index (χ4n) is 2.69. The smallest absolute Gasteiger partial charge is 0.251 e. The van der Waals surface area contributed by atoms with Gasteiger partial charge in [0.2, 0.25) is 0 Å². The van der Waals surface area contributed by atoms with Gasteiger partial charge in [-0.25, -0.2) is 0 Å². The largest absolute Gasteiger partial charge is 0.508 e. The highest BCUT2D eigenvalue weighted by Crippen LogP contribution is 2.33. The summed E-state index contributed by atoms with van der Waals surface area (Å²) in [4.78, 5) is 11.8. The van der Waals surface area contributed by atoms with Crippen molar-refractivity contribution in [3.63, 3.8) is 0 Å². The number of rotatable bonds is 0. The third-order valence-corrected chi connectivity index (χ3v) is 3.55. The van der Waals surface area contributed by atoms with Crippen LogP contribution in [0.5, 0.6) is 5.75 Å². The maximum absolute atomic E-state index is 11.8. The summed E-state index contributed by atoms with van der Waals surface area (Å²) in [6.07, 6.45) is 0. The van der Waals surface area contributed by atoms with E-state index < -0.39 is 0 Å². The Balaban J connectivity index is 2.12. The lowest BCUT2D eigenvalue weighted by atomic mass is 9.87. The van der Waals surface area contributed by atoms with Crippen LogP contribution in [0.25, 0.3) is 0 Å². The van der Waals surface area contributed by atoms with Crippen molar-refractivity contribution >= 4 is 5.91 Å². The Morgan fingerprint density at radius 3 is 3.00 bits per heavy atom. The van der Waals surface area contributed by atoms with Gasteiger partial charge in [0.15, 0.2) is 0 Å². The first-order chi connectivity index (χ1) is 7.75. The highest BCUT2D eigenvalue weighted by Gasteiger charge is 2.34. The van der Waals surface area contributed by atoms with Gasteiger partial charge in [-0.2, -0.15) is 0 Å². The molecule has 84 valence electrons. The van der Waals surface area contributed by atoms with E-state index in [4.69, 9.17) is 0 Å². The molecular formula is C12H14N2O2. The zero-order valence-corrected chi connectivity index (χ0v) is 8.86. The van der Waals surface area contributed by atoms with E-state index in [9.17, 15) is 9.90 Å². The summed E-state index contributed by atoms with van der Waals surface area (Å²) in [6.45, 7) is 2.58. The molecule has 0 aromatic heterocycles. The second-order valence-electron chi connectivity index (χ2n) is 4.51. The van der Waals surface area contributed by atoms with Crippen LogP contribution in [0.1, 0.15) is 21.8 Å². The number of benzene rings is 1. The van der Waals surface area contributed by atoms with Crippen LogP contribution in [0.2, 0.25) is 0 Å². The lowest BCUT2D eigenvalue weighted by Gasteiger charge is -2.15. The lowest BCUT2D eigenvalue weighted by molar-refractivity contribution is 0.0952. The minimum absolute atomic E-state index is 0.0692. The molecule has 4 heteroatoms. The van der Waals surface area contributed by atoms with E-state index in [1.54, 1.807) is 12.1 Å². The molecule has 3 rings (SSSR count). The van der Waals surface area contributed by atoms with Crippen molar-refractivity contribution in [2.75, 3.05) is 19.6 Å². The second kappa shape index (κ2) is 3.49. The number of nitrogens with one attached hydrogen (secondary N) is 2. The van der Waals surface area contributed by atoms with Gasteiger partial charge < -0.3 is 15.7 Å². The Hall–Kier alpha value is -1.55. The molecule has 2 aliphatic rings. The number of hydrogen-bond donors (Lipinski definition) is 3. The van der Waals surface area contributed by atoms with Gasteiger partial charge in [-0.1, -0.05) is 6.07 Å². The number of amides is 1. The van der Waals surface area contributed by atoms with Crippen LogP contribution in [0, 0.1) is 5.92 Å². The number of phenolic OH excluding ortho intramolecular Hbond substituents is 1. The molecule has 1 saturated heterocycles. The maximum atomic E-state index is 11.8. The third-order valence-electron chi connectivity index (χ3n) is 3.55. The van der Waals surface area contributed by atoms with Gasteiger partial charge in [0.1, 0.15) is 5.75 Å². The van der Waals surface area contributed by atoms with Crippen molar-refractivity contribution < 1.29 is 9.90 Å². The quantitative estimate of drug-likeness (QED) is 0.592. The first-order valence-corrected chi connectivity index (χ1v) is 5.57. The molecule has 2 heterocycles. The van der Waals surface area contributed by atoms with E-state index in [0.717, 1.165) is 18.7 Å². The monoisotopic (exact) mass is 218 g/mol. The molecule has 16 heavy (non-hydrogen) atoms. The van der Waals surface area contributed by atoms with E-state index in [0.29, 0.717) is 23.9 Å². The predicted molar refractivity (Wildman–Crippen MR) is 59.5 cm³/mol. The second-order valence-corrected chi connectivity index (χ2v) is 4.51. The van der Waals surface area contributed by atoms with Gasteiger partial charge in [0, 0.05) is 31.1 Å². The van der Waals surface area contributed by atoms with Gasteiger partial charge in [-0.3, -0.25) is 4.79 Å². The predicted octanol–water partition coefficient (Wildman–Crippen LogP) is 0.439. The van der Waals surface area contributed by atoms with Crippen molar-refractivity contribution in [2.24, 2.45) is 5.92 Å². The summed E-state index contributed by atoms with van der Waals surface area (Å²) < 4.78 is 0. The Morgan fingerprint density at radius 2 is 2.12 bits per heavy atom. The first-order valence-electron chi connectivity index (χ1n) is 5.57. The fraction of sp³-hybridized carbons (Fsp3) is 0.417. The molecule has 2 aliphatic heterocycles. The van der Waals surface area contributed by atoms with Crippen molar-refractivity contribution in [3.05, 3.63) is 29.3 Å². The number of aromatic hydroxyl groups is 1. The van der Waals surface area contributed by atoms with Gasteiger partial charge in [-0.05, 0) is 23.6 Å². The SMILES string of the molecule is O=C1NCC2CNCC2c2ccc(O)cc21. The fourth-order valence-corrected chi connectivity index (χ4v) is 2.69. The van der Waals surface area contributed by atoms with Gasteiger partial charge >= 0.3 is 0 Å². The van der Waals surface area contributed by atoms with Crippen LogP contribution >= 0.6 is 0 Å². The standard InChI is InChI=1S/C12H14N2O2/c15-8-1-2-9-10(3-8)12(16)14-5-7-4-13-6-11(7)9/h1-3,7,11,13,15H,4-6H2,(H,14,16). The van der Waals surface area contributed by atoms with E-state index in [1.165, 1.54) is 0 Å². The minimum Gasteiger partial charge on any atom is -0.508 e. The van der Waals surface area contributed by atoms with Gasteiger partial charge in [-0.15, -0.1) is 0 Å². The summed E-state index contributed by atoms with van der Waals surface area (Å²) in [5.74, 6) is 0.933. The Bertz CT molecular complexity index is 445. The van der Waals surface area contributed by atoms with Crippen molar-refractivity contribution in [1.82, 2.24) is 10.6 Å². The van der Waals surface area contributed by atoms with Gasteiger partial charge in [0.25, 0.3) is 5.91 Å². The molecule has 0 spiro atoms. The van der Waals surface area contributed by atoms with Gasteiger partial charge in [0.05, 0.1) is 0 Å². The van der Waals surface area contributed by atoms with E-state index in [2.05, 4.69) is 10.6 Å². The molecule has 1 aromatic rings. The lowest BCUT2D eigenvalue weighted by Crippen LogP contribution is -2.28. The molecule has 2 unspecified atom stereocenters. The third kappa shape index (κ3) is 1.38. The summed E-state index contributed by atoms with van der Waals surface area (Å²) in [5.41, 5.74) is 1.68. The average Bonchev–Trinajstić information content (AvgIpc) is 2.69. The molecule has 0 bridgehead atoms. The normalized spacial score (nSPS) is 27.9. The zero-order valence-electron chi connectivity index (χ0n) is 8.86. The van der Waals surface area contributed by atoms with E-state index in [1.807, 2.05) is 6.07 Å². The van der Waals surface area contributed by atoms with Crippen molar-refractivity contribution in [1.29, 1.82) is 0 Å². The van der Waals surface area contributed by atoms with Crippen molar-refractivity contribution in [2.45, 2.75) is 5.92 Å². The van der Waals surface area contributed by atoms with Crippen LogP contribution in [-0.4, -0.2) is 30.6 Å². The zero-order chi connectivity index (χ0) is 11.1. The molecule has 1 fully saturated rings. The van der Waals surface area contributed by atoms with Crippen LogP contribution in [-0.2, 0) is 0 Å². The number of carbonyl (C=O) groups excluding carboxylic acids is 1. The molecular weight excluding hydrogens is 204 g/mol. The average molecular weight is 218 g/mol. The molecule has 4 nitrogen and oxygen atoms in total. The number of carbonyl (C=O) groups is 1. The Kier molecular flexibility index (Phi) is 2.11. The van der Waals surface area contributed by atoms with Crippen LogP contribution in [0.4, 0.5) is 0 Å². The van der Waals surface area contributed by atoms with Crippen LogP contribution in [0.15, 0.2) is 18.2 Å². The molecule has 0 saturated carbocycles. The Morgan fingerprint density at radius 1 is 1.25 bits per heavy atom. The van der Waals surface area contributed by atoms with Crippen LogP contribution < -0.4 is 10.6 Å². The number of fused-ring (bicyclic) bond motifs is 3. The Labute approximate surface area is 93.7 Å². The van der Waals surface area contributed by atoms with E-state index in [-0.39, 0.29) is 11.7 Å². The molecule has 1 amide bonds. The summed E-state index contributed by atoms with van der Waals surface area (Å²) in [6, 6.07) is 5.10. The molecule has 0 radical (unpaired) electrons. The summed E-state index contributed by atoms with van der Waals surface area (Å²) in [5, 5.41) is 15.7. The topological polar surface area (TPSA) is 61.4 Å².